The predicted octanol–water partition coefficient (Wildman–Crippen LogP) is 6.87. The molecule has 3 heterocycles. The van der Waals surface area contributed by atoms with E-state index in [9.17, 15) is 10.1 Å². The van der Waals surface area contributed by atoms with Crippen molar-refractivity contribution < 1.29 is 9.53 Å². The first-order valence-corrected chi connectivity index (χ1v) is 12.1. The summed E-state index contributed by atoms with van der Waals surface area (Å²) in [4.78, 5) is 13.5. The predicted molar refractivity (Wildman–Crippen MR) is 127 cm³/mol. The van der Waals surface area contributed by atoms with E-state index < -0.39 is 0 Å². The van der Waals surface area contributed by atoms with E-state index in [1.165, 1.54) is 16.9 Å². The number of fused-ring (bicyclic) bond motifs is 3. The number of nitriles is 1. The van der Waals surface area contributed by atoms with Crippen LogP contribution in [0, 0.1) is 25.2 Å². The van der Waals surface area contributed by atoms with Gasteiger partial charge < -0.3 is 9.14 Å². The summed E-state index contributed by atoms with van der Waals surface area (Å²) < 4.78 is 9.50. The van der Waals surface area contributed by atoms with Crippen LogP contribution in [0.2, 0.25) is 0 Å². The number of carbonyl (C=O) groups is 1. The number of hydrogen-bond acceptors (Lipinski definition) is 5. The average Bonchev–Trinajstić information content (AvgIpc) is 3.23. The zero-order chi connectivity index (χ0) is 21.4. The van der Waals surface area contributed by atoms with E-state index in [4.69, 9.17) is 4.74 Å². The SMILES string of the molecule is CCOC(=O)c1c2c(C#N)sc(SCc3ccc(Br)cc3)c2n2cc(C)cc(C)c12. The van der Waals surface area contributed by atoms with Gasteiger partial charge in [-0.25, -0.2) is 4.79 Å². The Morgan fingerprint density at radius 1 is 1.27 bits per heavy atom. The quantitative estimate of drug-likeness (QED) is 0.222. The third-order valence-electron chi connectivity index (χ3n) is 4.84. The van der Waals surface area contributed by atoms with Gasteiger partial charge in [0.25, 0.3) is 0 Å². The van der Waals surface area contributed by atoms with E-state index in [2.05, 4.69) is 44.6 Å². The Morgan fingerprint density at radius 3 is 2.67 bits per heavy atom. The minimum absolute atomic E-state index is 0.291. The second-order valence-electron chi connectivity index (χ2n) is 6.98. The number of esters is 1. The Kier molecular flexibility index (Phi) is 5.92. The fourth-order valence-electron chi connectivity index (χ4n) is 3.68. The van der Waals surface area contributed by atoms with E-state index in [1.54, 1.807) is 18.7 Å². The van der Waals surface area contributed by atoms with Crippen LogP contribution in [0.25, 0.3) is 16.4 Å². The highest BCUT2D eigenvalue weighted by Gasteiger charge is 2.27. The molecule has 0 atom stereocenters. The van der Waals surface area contributed by atoms with Crippen molar-refractivity contribution in [2.24, 2.45) is 0 Å². The van der Waals surface area contributed by atoms with Gasteiger partial charge in [-0.3, -0.25) is 0 Å². The molecule has 0 unspecified atom stereocenters. The van der Waals surface area contributed by atoms with Gasteiger partial charge in [-0.05, 0) is 49.6 Å². The number of aromatic nitrogens is 1. The van der Waals surface area contributed by atoms with Crippen LogP contribution in [0.5, 0.6) is 0 Å². The van der Waals surface area contributed by atoms with Crippen LogP contribution in [0.15, 0.2) is 45.2 Å². The monoisotopic (exact) mass is 498 g/mol. The number of pyridine rings is 1. The van der Waals surface area contributed by atoms with Gasteiger partial charge in [0.1, 0.15) is 10.9 Å². The van der Waals surface area contributed by atoms with Crippen molar-refractivity contribution in [1.29, 1.82) is 5.26 Å². The molecule has 7 heteroatoms. The summed E-state index contributed by atoms with van der Waals surface area (Å²) in [6.45, 7) is 6.12. The first-order valence-electron chi connectivity index (χ1n) is 9.46. The van der Waals surface area contributed by atoms with Crippen LogP contribution in [0.1, 0.15) is 38.8 Å². The molecule has 4 aromatic rings. The standard InChI is InChI=1S/C23H19BrN2O2S2/c1-4-28-22(27)19-18-17(10-25)30-23(29-12-15-5-7-16(24)8-6-15)21(18)26-11-13(2)9-14(3)20(19)26/h5-9,11H,4,12H2,1-3H3. The van der Waals surface area contributed by atoms with Crippen LogP contribution in [-0.2, 0) is 10.5 Å². The molecule has 0 saturated carbocycles. The second-order valence-corrected chi connectivity index (χ2v) is 10.2. The summed E-state index contributed by atoms with van der Waals surface area (Å²) in [5.41, 5.74) is 5.52. The largest absolute Gasteiger partial charge is 0.462 e. The van der Waals surface area contributed by atoms with Gasteiger partial charge in [-0.2, -0.15) is 5.26 Å². The van der Waals surface area contributed by atoms with E-state index in [0.717, 1.165) is 36.6 Å². The molecule has 30 heavy (non-hydrogen) atoms. The lowest BCUT2D eigenvalue weighted by Crippen LogP contribution is -2.05. The maximum Gasteiger partial charge on any atom is 0.341 e. The number of benzene rings is 1. The number of aryl methyl sites for hydroxylation is 2. The van der Waals surface area contributed by atoms with Crippen molar-refractivity contribution >= 4 is 61.4 Å². The number of nitrogens with zero attached hydrogens (tertiary/aromatic N) is 2. The van der Waals surface area contributed by atoms with Gasteiger partial charge in [0.2, 0.25) is 0 Å². The molecule has 4 nitrogen and oxygen atoms in total. The van der Waals surface area contributed by atoms with Crippen LogP contribution in [-0.4, -0.2) is 17.0 Å². The highest BCUT2D eigenvalue weighted by Crippen LogP contribution is 2.44. The Hall–Kier alpha value is -2.27. The summed E-state index contributed by atoms with van der Waals surface area (Å²) in [5.74, 6) is 0.399. The Balaban J connectivity index is 1.94. The minimum Gasteiger partial charge on any atom is -0.462 e. The molecule has 0 bridgehead atoms. The molecule has 0 radical (unpaired) electrons. The van der Waals surface area contributed by atoms with E-state index in [1.807, 2.05) is 32.2 Å². The van der Waals surface area contributed by atoms with Crippen molar-refractivity contribution in [3.8, 4) is 6.07 Å². The number of thioether (sulfide) groups is 1. The molecule has 0 spiro atoms. The Labute approximate surface area is 191 Å². The first-order chi connectivity index (χ1) is 14.4. The highest BCUT2D eigenvalue weighted by atomic mass is 79.9. The number of carbonyl (C=O) groups excluding carboxylic acids is 1. The first kappa shape index (κ1) is 21.0. The molecule has 0 aliphatic rings. The lowest BCUT2D eigenvalue weighted by molar-refractivity contribution is 0.0531. The van der Waals surface area contributed by atoms with Crippen molar-refractivity contribution in [2.45, 2.75) is 30.7 Å². The van der Waals surface area contributed by atoms with Crippen LogP contribution < -0.4 is 0 Å². The van der Waals surface area contributed by atoms with Crippen LogP contribution in [0.3, 0.4) is 0 Å². The topological polar surface area (TPSA) is 54.5 Å². The van der Waals surface area contributed by atoms with Crippen molar-refractivity contribution in [2.75, 3.05) is 6.61 Å². The number of rotatable bonds is 5. The highest BCUT2D eigenvalue weighted by molar-refractivity contribution is 9.10. The van der Waals surface area contributed by atoms with Gasteiger partial charge in [0, 0.05) is 21.8 Å². The summed E-state index contributed by atoms with van der Waals surface area (Å²) in [5, 5.41) is 10.5. The number of hydrogen-bond donors (Lipinski definition) is 0. The maximum atomic E-state index is 12.9. The molecular formula is C23H19BrN2O2S2. The van der Waals surface area contributed by atoms with Gasteiger partial charge in [-0.15, -0.1) is 23.1 Å². The van der Waals surface area contributed by atoms with E-state index in [-0.39, 0.29) is 5.97 Å². The molecule has 0 aliphatic heterocycles. The molecule has 0 amide bonds. The van der Waals surface area contributed by atoms with Gasteiger partial charge in [-0.1, -0.05) is 34.1 Å². The van der Waals surface area contributed by atoms with E-state index >= 15 is 0 Å². The maximum absolute atomic E-state index is 12.9. The van der Waals surface area contributed by atoms with Crippen LogP contribution >= 0.6 is 39.0 Å². The van der Waals surface area contributed by atoms with Gasteiger partial charge >= 0.3 is 5.97 Å². The number of halogens is 1. The zero-order valence-corrected chi connectivity index (χ0v) is 20.0. The normalized spacial score (nSPS) is 11.2. The Bertz CT molecular complexity index is 1310. The lowest BCUT2D eigenvalue weighted by Gasteiger charge is -2.07. The number of ether oxygens (including phenoxy) is 1. The molecule has 0 N–H and O–H groups in total. The smallest absolute Gasteiger partial charge is 0.341 e. The van der Waals surface area contributed by atoms with Crippen molar-refractivity contribution in [1.82, 2.24) is 4.40 Å². The van der Waals surface area contributed by atoms with Crippen molar-refractivity contribution in [3.05, 3.63) is 68.1 Å². The number of thiophene rings is 1. The third-order valence-corrected chi connectivity index (χ3v) is 7.78. The fraction of sp³-hybridized carbons (Fsp3) is 0.217. The zero-order valence-electron chi connectivity index (χ0n) is 16.8. The summed E-state index contributed by atoms with van der Waals surface area (Å²) in [6.07, 6.45) is 2.03. The molecule has 1 aromatic carbocycles. The van der Waals surface area contributed by atoms with Gasteiger partial charge in [0.15, 0.2) is 0 Å². The minimum atomic E-state index is -0.379. The fourth-order valence-corrected chi connectivity index (χ4v) is 6.26. The molecule has 4 rings (SSSR count). The molecule has 0 fully saturated rings. The summed E-state index contributed by atoms with van der Waals surface area (Å²) in [6, 6.07) is 12.6. The Morgan fingerprint density at radius 2 is 2.00 bits per heavy atom. The lowest BCUT2D eigenvalue weighted by atomic mass is 10.1. The van der Waals surface area contributed by atoms with Crippen molar-refractivity contribution in [3.63, 3.8) is 0 Å². The molecule has 0 aliphatic carbocycles. The van der Waals surface area contributed by atoms with Crippen LogP contribution in [0.4, 0.5) is 0 Å². The third kappa shape index (κ3) is 3.64. The molecular weight excluding hydrogens is 480 g/mol. The average molecular weight is 499 g/mol. The summed E-state index contributed by atoms with van der Waals surface area (Å²) >= 11 is 6.60. The molecule has 152 valence electrons. The van der Waals surface area contributed by atoms with Gasteiger partial charge in [0.05, 0.1) is 27.4 Å². The molecule has 3 aromatic heterocycles. The summed E-state index contributed by atoms with van der Waals surface area (Å²) in [7, 11) is 0. The van der Waals surface area contributed by atoms with E-state index in [0.29, 0.717) is 22.4 Å². The molecule has 0 saturated heterocycles. The second kappa shape index (κ2) is 8.46.